The molecule has 1 rings (SSSR count). The van der Waals surface area contributed by atoms with Gasteiger partial charge in [-0.25, -0.2) is 0 Å². The molecule has 1 fully saturated rings. The van der Waals surface area contributed by atoms with Crippen molar-refractivity contribution in [1.82, 2.24) is 0 Å². The first-order chi connectivity index (χ1) is 6.43. The molecule has 0 saturated heterocycles. The van der Waals surface area contributed by atoms with E-state index in [4.69, 9.17) is 0 Å². The Balaban J connectivity index is 0.000000364. The van der Waals surface area contributed by atoms with Gasteiger partial charge in [0.25, 0.3) is 0 Å². The van der Waals surface area contributed by atoms with E-state index in [2.05, 4.69) is 6.92 Å². The number of ketones is 2. The fourth-order valence-electron chi connectivity index (χ4n) is 1.67. The van der Waals surface area contributed by atoms with Crippen LogP contribution in [0.4, 0.5) is 0 Å². The molecule has 0 aromatic rings. The average Bonchev–Trinajstić information content (AvgIpc) is 2.03. The molecule has 1 saturated carbocycles. The van der Waals surface area contributed by atoms with Gasteiger partial charge in [0.1, 0.15) is 11.6 Å². The topological polar surface area (TPSA) is 34.1 Å². The van der Waals surface area contributed by atoms with Gasteiger partial charge in [0.2, 0.25) is 0 Å². The Morgan fingerprint density at radius 3 is 1.57 bits per heavy atom. The monoisotopic (exact) mass is 198 g/mol. The molecule has 0 spiro atoms. The predicted molar refractivity (Wildman–Crippen MR) is 58.2 cm³/mol. The lowest BCUT2D eigenvalue weighted by atomic mass is 9.81. The third-order valence-electron chi connectivity index (χ3n) is 2.59. The third kappa shape index (κ3) is 6.81. The summed E-state index contributed by atoms with van der Waals surface area (Å²) in [5, 5.41) is 0. The van der Waals surface area contributed by atoms with Gasteiger partial charge in [-0.1, -0.05) is 19.8 Å². The Kier molecular flexibility index (Phi) is 6.43. The van der Waals surface area contributed by atoms with E-state index in [0.717, 1.165) is 18.8 Å². The first-order valence-corrected chi connectivity index (χ1v) is 5.41. The smallest absolute Gasteiger partial charge is 0.132 e. The number of carbonyl (C=O) groups is 2. The summed E-state index contributed by atoms with van der Waals surface area (Å²) in [6.45, 7) is 7.05. The van der Waals surface area contributed by atoms with Crippen LogP contribution in [-0.4, -0.2) is 11.6 Å². The first-order valence-electron chi connectivity index (χ1n) is 5.41. The first kappa shape index (κ1) is 13.3. The van der Waals surface area contributed by atoms with Crippen molar-refractivity contribution >= 4 is 11.6 Å². The predicted octanol–water partition coefficient (Wildman–Crippen LogP) is 3.00. The largest absolute Gasteiger partial charge is 0.300 e. The zero-order chi connectivity index (χ0) is 11.1. The Bertz CT molecular complexity index is 184. The Labute approximate surface area is 87.1 Å². The van der Waals surface area contributed by atoms with E-state index in [9.17, 15) is 9.59 Å². The summed E-state index contributed by atoms with van der Waals surface area (Å²) in [7, 11) is 0. The van der Waals surface area contributed by atoms with Gasteiger partial charge in [-0.15, -0.1) is 0 Å². The molecule has 0 radical (unpaired) electrons. The maximum absolute atomic E-state index is 10.9. The number of hydrogen-bond donors (Lipinski definition) is 0. The molecule has 0 heterocycles. The Morgan fingerprint density at radius 2 is 1.29 bits per heavy atom. The Morgan fingerprint density at radius 1 is 0.929 bits per heavy atom. The summed E-state index contributed by atoms with van der Waals surface area (Å²) in [6, 6.07) is 0. The van der Waals surface area contributed by atoms with Gasteiger partial charge in [0, 0.05) is 5.92 Å². The molecule has 0 N–H and O–H groups in total. The number of carbonyl (C=O) groups excluding carboxylic acids is 2. The van der Waals surface area contributed by atoms with Crippen LogP contribution in [0.2, 0.25) is 0 Å². The van der Waals surface area contributed by atoms with E-state index in [0.29, 0.717) is 11.7 Å². The van der Waals surface area contributed by atoms with Crippen molar-refractivity contribution in [2.75, 3.05) is 0 Å². The van der Waals surface area contributed by atoms with E-state index in [1.807, 2.05) is 0 Å². The van der Waals surface area contributed by atoms with E-state index in [1.165, 1.54) is 26.7 Å². The van der Waals surface area contributed by atoms with E-state index >= 15 is 0 Å². The summed E-state index contributed by atoms with van der Waals surface area (Å²) in [4.78, 5) is 20.3. The molecule has 0 unspecified atom stereocenters. The molecule has 0 aromatic heterocycles. The zero-order valence-corrected chi connectivity index (χ0v) is 9.80. The average molecular weight is 198 g/mol. The molecular weight excluding hydrogens is 176 g/mol. The number of rotatable bonds is 1. The second-order valence-electron chi connectivity index (χ2n) is 4.48. The van der Waals surface area contributed by atoms with Crippen LogP contribution < -0.4 is 0 Å². The molecule has 0 aliphatic heterocycles. The molecule has 1 aliphatic rings. The highest BCUT2D eigenvalue weighted by Gasteiger charge is 2.20. The standard InChI is InChI=1S/C9H16O.C3H6O/c1-7-3-5-9(6-4-7)8(2)10;1-3(2)4/h7,9H,3-6H2,1-2H3;1-2H3. The minimum absolute atomic E-state index is 0.167. The van der Waals surface area contributed by atoms with Gasteiger partial charge in [0.15, 0.2) is 0 Å². The summed E-state index contributed by atoms with van der Waals surface area (Å²) < 4.78 is 0. The minimum Gasteiger partial charge on any atom is -0.300 e. The molecule has 2 nitrogen and oxygen atoms in total. The van der Waals surface area contributed by atoms with Crippen LogP contribution in [0.5, 0.6) is 0 Å². The van der Waals surface area contributed by atoms with Crippen molar-refractivity contribution in [2.45, 2.75) is 53.4 Å². The lowest BCUT2D eigenvalue weighted by molar-refractivity contribution is -0.121. The number of hydrogen-bond acceptors (Lipinski definition) is 2. The molecule has 82 valence electrons. The lowest BCUT2D eigenvalue weighted by Crippen LogP contribution is -2.18. The highest BCUT2D eigenvalue weighted by Crippen LogP contribution is 2.28. The van der Waals surface area contributed by atoms with Gasteiger partial charge in [0.05, 0.1) is 0 Å². The van der Waals surface area contributed by atoms with Crippen molar-refractivity contribution in [1.29, 1.82) is 0 Å². The van der Waals surface area contributed by atoms with Crippen LogP contribution in [0.3, 0.4) is 0 Å². The molecule has 14 heavy (non-hydrogen) atoms. The fraction of sp³-hybridized carbons (Fsp3) is 0.833. The van der Waals surface area contributed by atoms with Crippen LogP contribution in [0.1, 0.15) is 53.4 Å². The fourth-order valence-corrected chi connectivity index (χ4v) is 1.67. The molecule has 0 bridgehead atoms. The normalized spacial score (nSPS) is 26.0. The van der Waals surface area contributed by atoms with Crippen LogP contribution in [-0.2, 0) is 9.59 Å². The van der Waals surface area contributed by atoms with Crippen LogP contribution in [0, 0.1) is 11.8 Å². The molecule has 0 aromatic carbocycles. The minimum atomic E-state index is 0.167. The number of Topliss-reactive ketones (excluding diaryl/α,β-unsaturated/α-hetero) is 2. The van der Waals surface area contributed by atoms with E-state index in [1.54, 1.807) is 6.92 Å². The second kappa shape index (κ2) is 6.74. The molecule has 0 atom stereocenters. The van der Waals surface area contributed by atoms with Crippen molar-refractivity contribution in [3.63, 3.8) is 0 Å². The van der Waals surface area contributed by atoms with Gasteiger partial charge < -0.3 is 4.79 Å². The SMILES string of the molecule is CC(=O)C1CCC(C)CC1.CC(C)=O. The molecule has 2 heteroatoms. The molecule has 0 amide bonds. The van der Waals surface area contributed by atoms with Gasteiger partial charge in [-0.2, -0.15) is 0 Å². The van der Waals surface area contributed by atoms with Crippen molar-refractivity contribution in [3.05, 3.63) is 0 Å². The van der Waals surface area contributed by atoms with Gasteiger partial charge >= 0.3 is 0 Å². The van der Waals surface area contributed by atoms with Crippen molar-refractivity contribution < 1.29 is 9.59 Å². The van der Waals surface area contributed by atoms with Crippen molar-refractivity contribution in [2.24, 2.45) is 11.8 Å². The van der Waals surface area contributed by atoms with Crippen LogP contribution in [0.15, 0.2) is 0 Å². The van der Waals surface area contributed by atoms with Gasteiger partial charge in [-0.05, 0) is 39.5 Å². The Hall–Kier alpha value is -0.660. The maximum Gasteiger partial charge on any atom is 0.132 e. The summed E-state index contributed by atoms with van der Waals surface area (Å²) >= 11 is 0. The summed E-state index contributed by atoms with van der Waals surface area (Å²) in [5.41, 5.74) is 0. The summed E-state index contributed by atoms with van der Waals surface area (Å²) in [5.74, 6) is 1.82. The molecular formula is C12H22O2. The quantitative estimate of drug-likeness (QED) is 0.649. The highest BCUT2D eigenvalue weighted by molar-refractivity contribution is 5.78. The summed E-state index contributed by atoms with van der Waals surface area (Å²) in [6.07, 6.45) is 4.78. The highest BCUT2D eigenvalue weighted by atomic mass is 16.1. The van der Waals surface area contributed by atoms with Crippen molar-refractivity contribution in [3.8, 4) is 0 Å². The van der Waals surface area contributed by atoms with Crippen LogP contribution in [0.25, 0.3) is 0 Å². The van der Waals surface area contributed by atoms with E-state index < -0.39 is 0 Å². The molecule has 1 aliphatic carbocycles. The zero-order valence-electron chi connectivity index (χ0n) is 9.80. The lowest BCUT2D eigenvalue weighted by Gasteiger charge is -2.23. The third-order valence-corrected chi connectivity index (χ3v) is 2.59. The van der Waals surface area contributed by atoms with E-state index in [-0.39, 0.29) is 5.78 Å². The van der Waals surface area contributed by atoms with Crippen LogP contribution >= 0.6 is 0 Å². The maximum atomic E-state index is 10.9. The second-order valence-corrected chi connectivity index (χ2v) is 4.48. The van der Waals surface area contributed by atoms with Gasteiger partial charge in [-0.3, -0.25) is 4.79 Å².